The molecule has 2 aliphatic carbocycles. The molecule has 0 fully saturated rings. The first-order valence-corrected chi connectivity index (χ1v) is 26.4. The molecule has 8 aromatic carbocycles. The Labute approximate surface area is 422 Å². The topological polar surface area (TPSA) is 34.5 Å². The number of furan rings is 2. The molecule has 0 atom stereocenters. The molecule has 5 heteroatoms. The largest absolute Gasteiger partial charge is 0.456 e. The summed E-state index contributed by atoms with van der Waals surface area (Å²) < 4.78 is 16.7. The molecular weight excluding hydrogens is 876 g/mol. The average molecular weight is 937 g/mol. The molecule has 3 aromatic heterocycles. The third-order valence-electron chi connectivity index (χ3n) is 18.3. The number of rotatable bonds is 1. The Morgan fingerprint density at radius 3 is 1.83 bits per heavy atom. The first-order valence-electron chi connectivity index (χ1n) is 26.4. The number of hydrogen-bond donors (Lipinski definition) is 0. The van der Waals surface area contributed by atoms with Gasteiger partial charge < -0.3 is 18.2 Å². The molecule has 15 rings (SSSR count). The zero-order chi connectivity index (χ0) is 49.5. The molecule has 11 aromatic rings. The summed E-state index contributed by atoms with van der Waals surface area (Å²) in [5.41, 5.74) is 25.9. The van der Waals surface area contributed by atoms with Crippen molar-refractivity contribution in [2.75, 3.05) is 4.81 Å². The molecule has 4 aliphatic rings. The van der Waals surface area contributed by atoms with Gasteiger partial charge in [0.25, 0.3) is 0 Å². The summed E-state index contributed by atoms with van der Waals surface area (Å²) in [6.45, 7) is 28.5. The van der Waals surface area contributed by atoms with Crippen molar-refractivity contribution in [2.45, 2.75) is 123 Å². The number of fused-ring (bicyclic) bond motifs is 20. The first kappa shape index (κ1) is 42.7. The second-order valence-electron chi connectivity index (χ2n) is 26.0. The molecule has 0 saturated carbocycles. The van der Waals surface area contributed by atoms with Gasteiger partial charge in [-0.05, 0) is 150 Å². The zero-order valence-corrected chi connectivity index (χ0v) is 43.8. The molecule has 4 nitrogen and oxygen atoms in total. The molecule has 0 amide bonds. The summed E-state index contributed by atoms with van der Waals surface area (Å²) in [6.07, 6.45) is 2.37. The Hall–Kier alpha value is -6.98. The Balaban J connectivity index is 1.16. The number of para-hydroxylation sites is 2. The Morgan fingerprint density at radius 1 is 0.500 bits per heavy atom. The van der Waals surface area contributed by atoms with Crippen molar-refractivity contribution in [1.82, 2.24) is 4.57 Å². The lowest BCUT2D eigenvalue weighted by atomic mass is 9.43. The van der Waals surface area contributed by atoms with Crippen LogP contribution in [0.5, 0.6) is 0 Å². The van der Waals surface area contributed by atoms with Crippen LogP contribution in [-0.4, -0.2) is 11.4 Å². The van der Waals surface area contributed by atoms with Crippen molar-refractivity contribution in [1.29, 1.82) is 0 Å². The quantitative estimate of drug-likeness (QED) is 0.154. The van der Waals surface area contributed by atoms with Gasteiger partial charge in [0.1, 0.15) is 22.3 Å². The van der Waals surface area contributed by atoms with Crippen LogP contribution in [0.2, 0.25) is 0 Å². The Bertz CT molecular complexity index is 4270. The van der Waals surface area contributed by atoms with E-state index in [1.165, 1.54) is 118 Å². The van der Waals surface area contributed by atoms with Crippen molar-refractivity contribution >= 4 is 94.8 Å². The molecule has 5 heterocycles. The molecule has 0 radical (unpaired) electrons. The maximum absolute atomic E-state index is 7.35. The third-order valence-corrected chi connectivity index (χ3v) is 18.3. The van der Waals surface area contributed by atoms with Crippen LogP contribution < -0.4 is 15.7 Å². The fourth-order valence-corrected chi connectivity index (χ4v) is 14.2. The van der Waals surface area contributed by atoms with Crippen LogP contribution >= 0.6 is 0 Å². The normalized spacial score (nSPS) is 17.1. The smallest absolute Gasteiger partial charge is 0.333 e. The fourth-order valence-electron chi connectivity index (χ4n) is 14.2. The minimum atomic E-state index is -0.237. The SMILES string of the molecule is CC(C)(C)c1ccc(N2B3c4cc5c(cc4-n4c6ccc(C(C)(C)C)cc6c6c7oc8ccccc8c7c(c3c64)-c3cc4c(cc32)C(C)(C)c2cc3c(cc2-4)C(C)(C)CCC3(C)C)oc2ccccc25)cc1. The number of anilines is 2. The highest BCUT2D eigenvalue weighted by atomic mass is 16.3. The summed E-state index contributed by atoms with van der Waals surface area (Å²) in [5, 5.41) is 7.03. The maximum atomic E-state index is 7.35. The van der Waals surface area contributed by atoms with Crippen LogP contribution in [0.25, 0.3) is 93.6 Å². The van der Waals surface area contributed by atoms with E-state index in [9.17, 15) is 0 Å². The lowest BCUT2D eigenvalue weighted by Gasteiger charge is -2.43. The van der Waals surface area contributed by atoms with Crippen molar-refractivity contribution in [3.63, 3.8) is 0 Å². The number of nitrogens with zero attached hydrogens (tertiary/aromatic N) is 2. The van der Waals surface area contributed by atoms with Crippen LogP contribution in [0.3, 0.4) is 0 Å². The lowest BCUT2D eigenvalue weighted by Crippen LogP contribution is -2.60. The van der Waals surface area contributed by atoms with Crippen molar-refractivity contribution < 1.29 is 8.83 Å². The van der Waals surface area contributed by atoms with Crippen molar-refractivity contribution in [3.8, 4) is 27.9 Å². The third kappa shape index (κ3) is 5.34. The molecule has 0 saturated heterocycles. The minimum absolute atomic E-state index is 0.00217. The molecule has 0 unspecified atom stereocenters. The lowest BCUT2D eigenvalue weighted by molar-refractivity contribution is 0.331. The van der Waals surface area contributed by atoms with Crippen LogP contribution in [0, 0.1) is 0 Å². The van der Waals surface area contributed by atoms with Gasteiger partial charge in [-0.1, -0.05) is 150 Å². The van der Waals surface area contributed by atoms with E-state index in [4.69, 9.17) is 8.83 Å². The second-order valence-corrected chi connectivity index (χ2v) is 26.0. The Kier molecular flexibility index (Phi) is 7.91. The predicted molar refractivity (Wildman–Crippen MR) is 305 cm³/mol. The van der Waals surface area contributed by atoms with E-state index in [0.717, 1.165) is 44.2 Å². The summed E-state index contributed by atoms with van der Waals surface area (Å²) in [7, 11) is 0. The average Bonchev–Trinajstić information content (AvgIpc) is 4.07. The van der Waals surface area contributed by atoms with Gasteiger partial charge in [-0.3, -0.25) is 0 Å². The molecule has 0 bridgehead atoms. The monoisotopic (exact) mass is 936 g/mol. The molecule has 354 valence electrons. The molecule has 72 heavy (non-hydrogen) atoms. The van der Waals surface area contributed by atoms with E-state index in [-0.39, 0.29) is 33.9 Å². The van der Waals surface area contributed by atoms with Gasteiger partial charge in [-0.2, -0.15) is 0 Å². The van der Waals surface area contributed by atoms with E-state index in [2.05, 4.69) is 220 Å². The highest BCUT2D eigenvalue weighted by Gasteiger charge is 2.49. The fraction of sp³-hybridized carbons (Fsp3) is 0.284. The summed E-state index contributed by atoms with van der Waals surface area (Å²) in [5.74, 6) is 0. The van der Waals surface area contributed by atoms with E-state index in [0.29, 0.717) is 0 Å². The molecule has 0 N–H and O–H groups in total. The summed E-state index contributed by atoms with van der Waals surface area (Å²) >= 11 is 0. The summed E-state index contributed by atoms with van der Waals surface area (Å²) in [6, 6.07) is 49.3. The first-order chi connectivity index (χ1) is 34.2. The number of hydrogen-bond acceptors (Lipinski definition) is 3. The standard InChI is InChI=1S/C67H61BN2O2/c1-63(2,3)36-21-24-38(25-22-36)70-52-34-47-41(42-31-48-49(33-46(42)67(47,11)12)66(9,10)28-27-65(48,7)8)30-45(52)57-58-40-18-14-16-20-55(40)72-62(58)59-44-29-37(64(4,5)6)23-26-51(44)69-53-35-56-43(39-17-13-15-19-54(39)71-56)32-50(53)68(70)60(57)61(59)69/h13-26,29-35H,27-28H2,1-12H3. The predicted octanol–water partition coefficient (Wildman–Crippen LogP) is 17.1. The van der Waals surface area contributed by atoms with Gasteiger partial charge in [-0.25, -0.2) is 0 Å². The highest BCUT2D eigenvalue weighted by Crippen LogP contribution is 2.59. The van der Waals surface area contributed by atoms with Gasteiger partial charge in [0.2, 0.25) is 0 Å². The van der Waals surface area contributed by atoms with Gasteiger partial charge in [0.15, 0.2) is 0 Å². The van der Waals surface area contributed by atoms with Crippen molar-refractivity contribution in [3.05, 3.63) is 161 Å². The van der Waals surface area contributed by atoms with E-state index >= 15 is 0 Å². The van der Waals surface area contributed by atoms with Gasteiger partial charge in [0, 0.05) is 61.0 Å². The van der Waals surface area contributed by atoms with Gasteiger partial charge >= 0.3 is 6.85 Å². The minimum Gasteiger partial charge on any atom is -0.456 e. The Morgan fingerprint density at radius 2 is 1.12 bits per heavy atom. The van der Waals surface area contributed by atoms with E-state index in [1.807, 2.05) is 0 Å². The van der Waals surface area contributed by atoms with Crippen LogP contribution in [0.4, 0.5) is 11.4 Å². The van der Waals surface area contributed by atoms with Gasteiger partial charge in [0.05, 0.1) is 16.4 Å². The van der Waals surface area contributed by atoms with Crippen LogP contribution in [0.1, 0.15) is 129 Å². The van der Waals surface area contributed by atoms with E-state index in [1.54, 1.807) is 0 Å². The number of aromatic nitrogens is 1. The second kappa shape index (κ2) is 13.3. The van der Waals surface area contributed by atoms with Crippen molar-refractivity contribution in [2.24, 2.45) is 0 Å². The molecule has 0 spiro atoms. The zero-order valence-electron chi connectivity index (χ0n) is 43.8. The molecule has 2 aliphatic heterocycles. The van der Waals surface area contributed by atoms with Gasteiger partial charge in [-0.15, -0.1) is 0 Å². The molecular formula is C67H61BN2O2. The van der Waals surface area contributed by atoms with E-state index < -0.39 is 0 Å². The highest BCUT2D eigenvalue weighted by molar-refractivity contribution is 6.94. The maximum Gasteiger partial charge on any atom is 0.333 e. The van der Waals surface area contributed by atoms with Crippen LogP contribution in [0.15, 0.2) is 136 Å². The van der Waals surface area contributed by atoms with Crippen LogP contribution in [-0.2, 0) is 27.1 Å². The summed E-state index contributed by atoms with van der Waals surface area (Å²) in [4.78, 5) is 2.73. The number of benzene rings is 8.